The van der Waals surface area contributed by atoms with Crippen molar-refractivity contribution in [3.8, 4) is 6.07 Å². The minimum absolute atomic E-state index is 0.582. The number of benzene rings is 1. The van der Waals surface area contributed by atoms with Gasteiger partial charge in [0.25, 0.3) is 0 Å². The number of hydrogen-bond donors (Lipinski definition) is 1. The lowest BCUT2D eigenvalue weighted by Crippen LogP contribution is -2.52. The summed E-state index contributed by atoms with van der Waals surface area (Å²) in [5.74, 6) is 0.908. The third-order valence-electron chi connectivity index (χ3n) is 4.37. The van der Waals surface area contributed by atoms with Crippen LogP contribution < -0.4 is 10.2 Å². The first-order valence-corrected chi connectivity index (χ1v) is 9.32. The number of piperazine rings is 1. The van der Waals surface area contributed by atoms with Gasteiger partial charge in [0.15, 0.2) is 5.11 Å². The third-order valence-corrected chi connectivity index (χ3v) is 5.03. The Morgan fingerprint density at radius 1 is 1.15 bits per heavy atom. The van der Waals surface area contributed by atoms with Gasteiger partial charge in [-0.15, -0.1) is 0 Å². The van der Waals surface area contributed by atoms with Gasteiger partial charge in [0.1, 0.15) is 11.9 Å². The molecule has 0 atom stereocenters. The Morgan fingerprint density at radius 2 is 1.88 bits per heavy atom. The highest BCUT2D eigenvalue weighted by Crippen LogP contribution is 2.14. The molecule has 26 heavy (non-hydrogen) atoms. The van der Waals surface area contributed by atoms with Crippen LogP contribution in [0.3, 0.4) is 0 Å². The number of nitrogens with one attached hydrogen (secondary N) is 1. The molecular formula is C19H20ClN5S. The first kappa shape index (κ1) is 18.4. The van der Waals surface area contributed by atoms with E-state index in [4.69, 9.17) is 29.1 Å². The van der Waals surface area contributed by atoms with Gasteiger partial charge >= 0.3 is 0 Å². The molecule has 0 bridgehead atoms. The molecule has 0 aliphatic carbocycles. The van der Waals surface area contributed by atoms with Crippen molar-refractivity contribution in [2.24, 2.45) is 0 Å². The molecule has 1 saturated heterocycles. The summed E-state index contributed by atoms with van der Waals surface area (Å²) in [4.78, 5) is 8.77. The van der Waals surface area contributed by atoms with E-state index in [1.54, 1.807) is 12.3 Å². The van der Waals surface area contributed by atoms with Crippen molar-refractivity contribution in [2.75, 3.05) is 37.6 Å². The van der Waals surface area contributed by atoms with Crippen LogP contribution in [0.25, 0.3) is 0 Å². The zero-order valence-electron chi connectivity index (χ0n) is 14.4. The van der Waals surface area contributed by atoms with Crippen LogP contribution in [0.1, 0.15) is 11.1 Å². The average Bonchev–Trinajstić information content (AvgIpc) is 2.69. The van der Waals surface area contributed by atoms with E-state index in [2.05, 4.69) is 26.2 Å². The molecule has 7 heteroatoms. The Bertz CT molecular complexity index is 777. The summed E-state index contributed by atoms with van der Waals surface area (Å²) in [5, 5.41) is 13.7. The van der Waals surface area contributed by atoms with Crippen LogP contribution in [-0.2, 0) is 6.42 Å². The van der Waals surface area contributed by atoms with E-state index in [1.807, 2.05) is 30.3 Å². The maximum absolute atomic E-state index is 8.85. The summed E-state index contributed by atoms with van der Waals surface area (Å²) in [6, 6.07) is 13.7. The zero-order chi connectivity index (χ0) is 18.4. The molecule has 1 aliphatic heterocycles. The highest BCUT2D eigenvalue weighted by atomic mass is 35.5. The van der Waals surface area contributed by atoms with Crippen molar-refractivity contribution in [1.82, 2.24) is 15.2 Å². The first-order valence-electron chi connectivity index (χ1n) is 8.54. The highest BCUT2D eigenvalue weighted by Gasteiger charge is 2.19. The van der Waals surface area contributed by atoms with Crippen LogP contribution in [0.2, 0.25) is 5.02 Å². The van der Waals surface area contributed by atoms with Gasteiger partial charge in [-0.05, 0) is 48.5 Å². The van der Waals surface area contributed by atoms with E-state index >= 15 is 0 Å². The molecule has 0 spiro atoms. The minimum Gasteiger partial charge on any atom is -0.362 e. The number of aromatic nitrogens is 1. The second-order valence-electron chi connectivity index (χ2n) is 6.10. The topological polar surface area (TPSA) is 55.2 Å². The third kappa shape index (κ3) is 4.84. The maximum Gasteiger partial charge on any atom is 0.169 e. The van der Waals surface area contributed by atoms with Crippen molar-refractivity contribution in [3.05, 3.63) is 58.7 Å². The van der Waals surface area contributed by atoms with Gasteiger partial charge in [-0.1, -0.05) is 23.7 Å². The van der Waals surface area contributed by atoms with Gasteiger partial charge in [0.05, 0.1) is 5.56 Å². The Hall–Kier alpha value is -2.36. The largest absolute Gasteiger partial charge is 0.362 e. The smallest absolute Gasteiger partial charge is 0.169 e. The van der Waals surface area contributed by atoms with E-state index in [1.165, 1.54) is 5.56 Å². The van der Waals surface area contributed by atoms with E-state index in [9.17, 15) is 0 Å². The summed E-state index contributed by atoms with van der Waals surface area (Å²) in [7, 11) is 0. The molecule has 3 rings (SSSR count). The van der Waals surface area contributed by atoms with Gasteiger partial charge < -0.3 is 15.1 Å². The lowest BCUT2D eigenvalue weighted by Gasteiger charge is -2.36. The standard InChI is InChI=1S/C19H20ClN5S/c20-17-4-1-15(2-5-17)7-8-22-19(26)25-11-9-24(10-12-25)18-6-3-16(13-21)14-23-18/h1-6,14H,7-12H2,(H,22,26). The predicted octanol–water partition coefficient (Wildman–Crippen LogP) is 2.85. The SMILES string of the molecule is N#Cc1ccc(N2CCN(C(=S)NCCc3ccc(Cl)cc3)CC2)nc1. The van der Waals surface area contributed by atoms with Gasteiger partial charge in [-0.2, -0.15) is 5.26 Å². The summed E-state index contributed by atoms with van der Waals surface area (Å²) in [6.07, 6.45) is 2.52. The van der Waals surface area contributed by atoms with Crippen LogP contribution in [0, 0.1) is 11.3 Å². The Labute approximate surface area is 164 Å². The molecule has 0 unspecified atom stereocenters. The van der Waals surface area contributed by atoms with Crippen LogP contribution in [0.5, 0.6) is 0 Å². The highest BCUT2D eigenvalue weighted by molar-refractivity contribution is 7.80. The summed E-state index contributed by atoms with van der Waals surface area (Å²) < 4.78 is 0. The fourth-order valence-electron chi connectivity index (χ4n) is 2.85. The number of nitriles is 1. The Balaban J connectivity index is 1.43. The molecule has 0 saturated carbocycles. The molecule has 1 fully saturated rings. The van der Waals surface area contributed by atoms with E-state index < -0.39 is 0 Å². The van der Waals surface area contributed by atoms with Crippen LogP contribution in [-0.4, -0.2) is 47.7 Å². The number of rotatable bonds is 4. The predicted molar refractivity (Wildman–Crippen MR) is 108 cm³/mol. The number of nitrogens with zero attached hydrogens (tertiary/aromatic N) is 4. The van der Waals surface area contributed by atoms with Crippen molar-refractivity contribution >= 4 is 34.7 Å². The monoisotopic (exact) mass is 385 g/mol. The van der Waals surface area contributed by atoms with Crippen LogP contribution in [0.4, 0.5) is 5.82 Å². The van der Waals surface area contributed by atoms with Gasteiger partial charge in [0, 0.05) is 43.9 Å². The number of thiocarbonyl (C=S) groups is 1. The molecule has 1 aromatic carbocycles. The van der Waals surface area contributed by atoms with Crippen LogP contribution >= 0.6 is 23.8 Å². The quantitative estimate of drug-likeness (QED) is 0.817. The summed E-state index contributed by atoms with van der Waals surface area (Å²) in [6.45, 7) is 4.23. The van der Waals surface area contributed by atoms with E-state index in [-0.39, 0.29) is 0 Å². The number of halogens is 1. The van der Waals surface area contributed by atoms with E-state index in [0.717, 1.165) is 55.1 Å². The zero-order valence-corrected chi connectivity index (χ0v) is 15.9. The molecule has 1 aromatic heterocycles. The molecule has 2 heterocycles. The number of pyridine rings is 1. The molecule has 0 radical (unpaired) electrons. The lowest BCUT2D eigenvalue weighted by atomic mass is 10.1. The van der Waals surface area contributed by atoms with Gasteiger partial charge in [0.2, 0.25) is 0 Å². The second kappa shape index (κ2) is 8.84. The van der Waals surface area contributed by atoms with Gasteiger partial charge in [-0.3, -0.25) is 0 Å². The molecule has 1 aliphatic rings. The molecule has 5 nitrogen and oxygen atoms in total. The Kier molecular flexibility index (Phi) is 6.26. The number of anilines is 1. The molecule has 1 N–H and O–H groups in total. The summed E-state index contributed by atoms with van der Waals surface area (Å²) >= 11 is 11.4. The van der Waals surface area contributed by atoms with Crippen molar-refractivity contribution in [1.29, 1.82) is 5.26 Å². The van der Waals surface area contributed by atoms with Crippen molar-refractivity contribution in [3.63, 3.8) is 0 Å². The second-order valence-corrected chi connectivity index (χ2v) is 6.92. The van der Waals surface area contributed by atoms with Crippen molar-refractivity contribution < 1.29 is 0 Å². The summed E-state index contributed by atoms with van der Waals surface area (Å²) in [5.41, 5.74) is 1.82. The number of hydrogen-bond acceptors (Lipinski definition) is 4. The molecule has 134 valence electrons. The lowest BCUT2D eigenvalue weighted by molar-refractivity contribution is 0.379. The molecule has 2 aromatic rings. The average molecular weight is 386 g/mol. The molecular weight excluding hydrogens is 366 g/mol. The van der Waals surface area contributed by atoms with Crippen molar-refractivity contribution in [2.45, 2.75) is 6.42 Å². The fraction of sp³-hybridized carbons (Fsp3) is 0.316. The maximum atomic E-state index is 8.85. The Morgan fingerprint density at radius 3 is 2.50 bits per heavy atom. The first-order chi connectivity index (χ1) is 12.7. The minimum atomic E-state index is 0.582. The van der Waals surface area contributed by atoms with Crippen LogP contribution in [0.15, 0.2) is 42.6 Å². The molecule has 0 amide bonds. The fourth-order valence-corrected chi connectivity index (χ4v) is 3.27. The van der Waals surface area contributed by atoms with Gasteiger partial charge in [-0.25, -0.2) is 4.98 Å². The normalized spacial score (nSPS) is 14.0. The van der Waals surface area contributed by atoms with E-state index in [0.29, 0.717) is 5.56 Å².